The molecule has 0 heterocycles. The van der Waals surface area contributed by atoms with Gasteiger partial charge < -0.3 is 0 Å². The van der Waals surface area contributed by atoms with E-state index in [0.717, 1.165) is 0 Å². The molecule has 0 aliphatic heterocycles. The molecule has 0 aromatic carbocycles. The van der Waals surface area contributed by atoms with E-state index in [1.54, 1.807) is 0 Å². The molecule has 0 atom stereocenters. The molecule has 0 aromatic rings. The summed E-state index contributed by atoms with van der Waals surface area (Å²) < 4.78 is 0. The normalized spacial score (nSPS) is 28.0. The van der Waals surface area contributed by atoms with Crippen molar-refractivity contribution in [2.24, 2.45) is 0 Å². The summed E-state index contributed by atoms with van der Waals surface area (Å²) in [4.78, 5) is 0. The predicted octanol–water partition coefficient (Wildman–Crippen LogP) is 4.45. The molecule has 0 amide bonds. The van der Waals surface area contributed by atoms with Crippen LogP contribution in [0.5, 0.6) is 0 Å². The van der Waals surface area contributed by atoms with Gasteiger partial charge in [0.05, 0.1) is 0 Å². The Bertz CT molecular complexity index is 242. The molecule has 0 fully saturated rings. The summed E-state index contributed by atoms with van der Waals surface area (Å²) in [5.41, 5.74) is 0. The van der Waals surface area contributed by atoms with Gasteiger partial charge in [-0.1, -0.05) is 97.2 Å². The molecule has 1 rings (SSSR count). The fourth-order valence-corrected chi connectivity index (χ4v) is 1.03. The molecule has 1 aliphatic carbocycles. The van der Waals surface area contributed by atoms with E-state index in [1.165, 1.54) is 0 Å². The second kappa shape index (κ2) is 9.47. The van der Waals surface area contributed by atoms with Gasteiger partial charge in [-0.25, -0.2) is 0 Å². The van der Waals surface area contributed by atoms with Crippen LogP contribution in [0.15, 0.2) is 97.2 Å². The summed E-state index contributed by atoms with van der Waals surface area (Å²) >= 11 is 0. The molecule has 0 aromatic heterocycles. The van der Waals surface area contributed by atoms with Crippen LogP contribution in [0.1, 0.15) is 0 Å². The highest BCUT2D eigenvalue weighted by Gasteiger charge is 1.66. The Morgan fingerprint density at radius 2 is 0.188 bits per heavy atom. The van der Waals surface area contributed by atoms with Crippen LogP contribution in [0.25, 0.3) is 0 Å². The maximum absolute atomic E-state index is 2.00. The predicted molar refractivity (Wildman–Crippen MR) is 73.1 cm³/mol. The molecule has 0 unspecified atom stereocenters. The first kappa shape index (κ1) is 12.0. The largest absolute Gasteiger partial charge is 0.0623 e. The fourth-order valence-electron chi connectivity index (χ4n) is 1.03. The first-order chi connectivity index (χ1) is 8.00. The van der Waals surface area contributed by atoms with Crippen molar-refractivity contribution in [1.82, 2.24) is 0 Å². The van der Waals surface area contributed by atoms with Crippen molar-refractivity contribution in [1.29, 1.82) is 0 Å². The fraction of sp³-hybridized carbons (Fsp3) is 0. The van der Waals surface area contributed by atoms with Gasteiger partial charge in [0.25, 0.3) is 0 Å². The van der Waals surface area contributed by atoms with Crippen molar-refractivity contribution < 1.29 is 0 Å². The van der Waals surface area contributed by atoms with Gasteiger partial charge in [-0.05, 0) is 0 Å². The average Bonchev–Trinajstić information content (AvgIpc) is 2.29. The van der Waals surface area contributed by atoms with Gasteiger partial charge in [0.15, 0.2) is 0 Å². The van der Waals surface area contributed by atoms with Crippen molar-refractivity contribution in [3.05, 3.63) is 97.2 Å². The molecule has 80 valence electrons. The van der Waals surface area contributed by atoms with Crippen molar-refractivity contribution in [3.63, 3.8) is 0 Å². The van der Waals surface area contributed by atoms with E-state index in [-0.39, 0.29) is 0 Å². The lowest BCUT2D eigenvalue weighted by molar-refractivity contribution is 1.81. The van der Waals surface area contributed by atoms with Gasteiger partial charge in [0, 0.05) is 0 Å². The van der Waals surface area contributed by atoms with Crippen LogP contribution in [0.3, 0.4) is 0 Å². The smallest absolute Gasteiger partial charge is 0.0623 e. The third-order valence-corrected chi connectivity index (χ3v) is 1.78. The first-order valence-electron chi connectivity index (χ1n) is 5.33. The van der Waals surface area contributed by atoms with E-state index in [2.05, 4.69) is 0 Å². The highest BCUT2D eigenvalue weighted by Crippen LogP contribution is 1.88. The summed E-state index contributed by atoms with van der Waals surface area (Å²) in [6, 6.07) is 0. The minimum atomic E-state index is 2.00. The van der Waals surface area contributed by atoms with Crippen molar-refractivity contribution >= 4 is 0 Å². The van der Waals surface area contributed by atoms with Crippen molar-refractivity contribution in [2.45, 2.75) is 0 Å². The van der Waals surface area contributed by atoms with E-state index >= 15 is 0 Å². The molecule has 0 heteroatoms. The standard InChI is InChI=1S/C16H16/c1-2-4-6-8-10-12-14-16-15-13-11-9-7-5-3-1/h1-16H/b2-1-,3-1?,4-2?,5-3-,6-4-,7-5?,8-6?,9-7-,10-8-,11-9?,12-10?,13-11-,14-12?,15-13?,16-14?,16-15?. The quantitative estimate of drug-likeness (QED) is 0.551. The molecular formula is C16H16. The lowest BCUT2D eigenvalue weighted by atomic mass is 10.3. The Balaban J connectivity index is 2.67. The number of rotatable bonds is 0. The minimum Gasteiger partial charge on any atom is -0.0623 e. The molecule has 0 N–H and O–H groups in total. The maximum Gasteiger partial charge on any atom is -0.0623 e. The van der Waals surface area contributed by atoms with Gasteiger partial charge in [-0.2, -0.15) is 0 Å². The Labute approximate surface area is 97.7 Å². The van der Waals surface area contributed by atoms with E-state index < -0.39 is 0 Å². The monoisotopic (exact) mass is 208 g/mol. The summed E-state index contributed by atoms with van der Waals surface area (Å²) in [5.74, 6) is 0. The molecule has 0 nitrogen and oxygen atoms in total. The number of allylic oxidation sites excluding steroid dienone is 16. The van der Waals surface area contributed by atoms with Crippen LogP contribution in [-0.4, -0.2) is 0 Å². The van der Waals surface area contributed by atoms with Gasteiger partial charge >= 0.3 is 0 Å². The first-order valence-corrected chi connectivity index (χ1v) is 5.33. The van der Waals surface area contributed by atoms with Crippen molar-refractivity contribution in [3.8, 4) is 0 Å². The molecule has 1 aliphatic rings. The number of hydrogen-bond acceptors (Lipinski definition) is 0. The summed E-state index contributed by atoms with van der Waals surface area (Å²) in [7, 11) is 0. The highest BCUT2D eigenvalue weighted by atomic mass is 13.7. The molecule has 0 radical (unpaired) electrons. The van der Waals surface area contributed by atoms with Gasteiger partial charge in [-0.15, -0.1) is 0 Å². The zero-order chi connectivity index (χ0) is 11.3. The molecular weight excluding hydrogens is 192 g/mol. The van der Waals surface area contributed by atoms with Crippen LogP contribution in [0, 0.1) is 0 Å². The molecule has 16 heavy (non-hydrogen) atoms. The van der Waals surface area contributed by atoms with E-state index in [9.17, 15) is 0 Å². The summed E-state index contributed by atoms with van der Waals surface area (Å²) in [6.45, 7) is 0. The Hall–Kier alpha value is -2.08. The summed E-state index contributed by atoms with van der Waals surface area (Å²) in [5, 5.41) is 0. The van der Waals surface area contributed by atoms with Gasteiger partial charge in [0.2, 0.25) is 0 Å². The zero-order valence-electron chi connectivity index (χ0n) is 9.24. The molecule has 0 spiro atoms. The van der Waals surface area contributed by atoms with Gasteiger partial charge in [-0.3, -0.25) is 0 Å². The van der Waals surface area contributed by atoms with Crippen LogP contribution < -0.4 is 0 Å². The third-order valence-electron chi connectivity index (χ3n) is 1.78. The topological polar surface area (TPSA) is 0 Å². The Morgan fingerprint density at radius 1 is 0.125 bits per heavy atom. The number of hydrogen-bond donors (Lipinski definition) is 0. The average molecular weight is 208 g/mol. The SMILES string of the molecule is C1=C\C=C/C=C\C=C/C=C\C=C/C=C\C=C1. The molecule has 0 saturated carbocycles. The Kier molecular flexibility index (Phi) is 7.10. The van der Waals surface area contributed by atoms with Crippen LogP contribution in [-0.2, 0) is 0 Å². The van der Waals surface area contributed by atoms with E-state index in [4.69, 9.17) is 0 Å². The van der Waals surface area contributed by atoms with Crippen LogP contribution >= 0.6 is 0 Å². The van der Waals surface area contributed by atoms with Gasteiger partial charge in [0.1, 0.15) is 0 Å². The highest BCUT2D eigenvalue weighted by molar-refractivity contribution is 5.23. The van der Waals surface area contributed by atoms with E-state index in [0.29, 0.717) is 0 Å². The zero-order valence-corrected chi connectivity index (χ0v) is 9.24. The second-order valence-electron chi connectivity index (χ2n) is 3.08. The second-order valence-corrected chi connectivity index (χ2v) is 3.08. The third kappa shape index (κ3) is 7.34. The maximum atomic E-state index is 2.00. The lowest BCUT2D eigenvalue weighted by Crippen LogP contribution is -1.55. The van der Waals surface area contributed by atoms with Crippen LogP contribution in [0.2, 0.25) is 0 Å². The molecule has 0 bridgehead atoms. The molecule has 0 saturated heterocycles. The summed E-state index contributed by atoms with van der Waals surface area (Å²) in [6.07, 6.45) is 32.0. The lowest BCUT2D eigenvalue weighted by Gasteiger charge is -1.77. The Morgan fingerprint density at radius 3 is 0.250 bits per heavy atom. The van der Waals surface area contributed by atoms with Crippen molar-refractivity contribution in [2.75, 3.05) is 0 Å². The van der Waals surface area contributed by atoms with E-state index in [1.807, 2.05) is 97.2 Å². The van der Waals surface area contributed by atoms with Crippen LogP contribution in [0.4, 0.5) is 0 Å². The minimum absolute atomic E-state index is 2.00.